The summed E-state index contributed by atoms with van der Waals surface area (Å²) < 4.78 is 11.7. The monoisotopic (exact) mass is 291 g/mol. The molecule has 0 aromatic heterocycles. The Labute approximate surface area is 126 Å². The number of fused-ring (bicyclic) bond motifs is 1. The van der Waals surface area contributed by atoms with E-state index in [1.807, 2.05) is 4.90 Å². The van der Waals surface area contributed by atoms with Crippen molar-refractivity contribution in [2.24, 2.45) is 0 Å². The highest BCUT2D eigenvalue weighted by atomic mass is 16.5. The van der Waals surface area contributed by atoms with Crippen LogP contribution < -0.4 is 0 Å². The third kappa shape index (κ3) is 3.06. The van der Waals surface area contributed by atoms with Crippen LogP contribution in [0.15, 0.2) is 24.3 Å². The van der Waals surface area contributed by atoms with Gasteiger partial charge in [-0.05, 0) is 38.5 Å². The average molecular weight is 291 g/mol. The zero-order valence-electron chi connectivity index (χ0n) is 12.6. The van der Waals surface area contributed by atoms with Gasteiger partial charge in [-0.3, -0.25) is 4.79 Å². The van der Waals surface area contributed by atoms with Crippen LogP contribution in [0.25, 0.3) is 0 Å². The lowest BCUT2D eigenvalue weighted by molar-refractivity contribution is -0.147. The molecule has 4 heteroatoms. The van der Waals surface area contributed by atoms with E-state index in [1.165, 1.54) is 6.42 Å². The van der Waals surface area contributed by atoms with Gasteiger partial charge in [0, 0.05) is 12.1 Å². The number of hydrogen-bond donors (Lipinski definition) is 0. The maximum atomic E-state index is 12.8. The van der Waals surface area contributed by atoms with Crippen molar-refractivity contribution in [1.82, 2.24) is 4.90 Å². The molecule has 0 N–H and O–H groups in total. The molecule has 3 aliphatic rings. The first-order chi connectivity index (χ1) is 10.3. The number of ether oxygens (including phenoxy) is 2. The number of hydrogen-bond acceptors (Lipinski definition) is 3. The summed E-state index contributed by atoms with van der Waals surface area (Å²) in [6, 6.07) is 0.184. The highest BCUT2D eigenvalue weighted by Gasteiger charge is 2.45. The third-order valence-electron chi connectivity index (χ3n) is 4.79. The van der Waals surface area contributed by atoms with Gasteiger partial charge in [0.2, 0.25) is 5.91 Å². The van der Waals surface area contributed by atoms with E-state index in [-0.39, 0.29) is 24.2 Å². The van der Waals surface area contributed by atoms with Crippen LogP contribution in [-0.2, 0) is 14.3 Å². The highest BCUT2D eigenvalue weighted by molar-refractivity contribution is 5.93. The van der Waals surface area contributed by atoms with Crippen LogP contribution in [0, 0.1) is 0 Å². The number of nitrogens with zero attached hydrogens (tertiary/aromatic N) is 1. The van der Waals surface area contributed by atoms with Crippen LogP contribution in [0.2, 0.25) is 0 Å². The molecule has 2 aliphatic carbocycles. The van der Waals surface area contributed by atoms with Gasteiger partial charge in [0.15, 0.2) is 0 Å². The van der Waals surface area contributed by atoms with Gasteiger partial charge in [0.1, 0.15) is 6.10 Å². The second-order valence-electron chi connectivity index (χ2n) is 6.11. The average Bonchev–Trinajstić information content (AvgIpc) is 2.96. The van der Waals surface area contributed by atoms with Gasteiger partial charge in [-0.1, -0.05) is 12.2 Å². The molecule has 21 heavy (non-hydrogen) atoms. The van der Waals surface area contributed by atoms with Crippen molar-refractivity contribution < 1.29 is 14.3 Å². The molecule has 2 fully saturated rings. The van der Waals surface area contributed by atoms with Crippen LogP contribution >= 0.6 is 0 Å². The highest BCUT2D eigenvalue weighted by Crippen LogP contribution is 2.33. The molecular formula is C17H25NO3. The first-order valence-electron chi connectivity index (χ1n) is 8.15. The molecule has 0 aromatic carbocycles. The third-order valence-corrected chi connectivity index (χ3v) is 4.79. The molecule has 0 spiro atoms. The first kappa shape index (κ1) is 14.8. The van der Waals surface area contributed by atoms with Crippen molar-refractivity contribution >= 4 is 5.91 Å². The number of amides is 1. The normalized spacial score (nSPS) is 32.5. The summed E-state index contributed by atoms with van der Waals surface area (Å²) in [4.78, 5) is 14.8. The lowest BCUT2D eigenvalue weighted by atomic mass is 9.97. The maximum absolute atomic E-state index is 12.8. The molecule has 1 saturated carbocycles. The molecule has 0 unspecified atom stereocenters. The Balaban J connectivity index is 1.68. The van der Waals surface area contributed by atoms with E-state index in [9.17, 15) is 4.79 Å². The van der Waals surface area contributed by atoms with Crippen molar-refractivity contribution in [2.45, 2.75) is 56.8 Å². The molecule has 1 amide bonds. The van der Waals surface area contributed by atoms with Crippen molar-refractivity contribution in [3.8, 4) is 0 Å². The minimum absolute atomic E-state index is 0.0341. The fourth-order valence-electron chi connectivity index (χ4n) is 3.75. The van der Waals surface area contributed by atoms with Gasteiger partial charge in [-0.15, -0.1) is 6.58 Å². The molecule has 116 valence electrons. The quantitative estimate of drug-likeness (QED) is 0.747. The van der Waals surface area contributed by atoms with Crippen LogP contribution in [-0.4, -0.2) is 48.8 Å². The summed E-state index contributed by atoms with van der Waals surface area (Å²) in [6.07, 6.45) is 10.3. The Hall–Kier alpha value is -1.13. The lowest BCUT2D eigenvalue weighted by Crippen LogP contribution is -2.54. The summed E-state index contributed by atoms with van der Waals surface area (Å²) in [5.41, 5.74) is 1.01. The Morgan fingerprint density at radius 2 is 2.38 bits per heavy atom. The van der Waals surface area contributed by atoms with Crippen molar-refractivity contribution in [2.75, 3.05) is 19.8 Å². The summed E-state index contributed by atoms with van der Waals surface area (Å²) >= 11 is 0. The lowest BCUT2D eigenvalue weighted by Gasteiger charge is -2.39. The first-order valence-corrected chi connectivity index (χ1v) is 8.15. The number of allylic oxidation sites excluding steroid dienone is 1. The summed E-state index contributed by atoms with van der Waals surface area (Å²) in [5, 5.41) is 0. The van der Waals surface area contributed by atoms with Crippen molar-refractivity contribution in [3.63, 3.8) is 0 Å². The minimum Gasteiger partial charge on any atom is -0.372 e. The Bertz CT molecular complexity index is 432. The number of morpholine rings is 1. The van der Waals surface area contributed by atoms with Crippen LogP contribution in [0.4, 0.5) is 0 Å². The predicted molar refractivity (Wildman–Crippen MR) is 81.0 cm³/mol. The van der Waals surface area contributed by atoms with Crippen LogP contribution in [0.1, 0.15) is 38.5 Å². The Kier molecular flexibility index (Phi) is 4.76. The zero-order valence-corrected chi connectivity index (χ0v) is 12.6. The number of carbonyl (C=O) groups is 1. The SMILES string of the molecule is C=CCO[C@H]1CC[C@H]2[C@H]1OCCN2C(=O)C1=CCCCC1. The molecule has 0 radical (unpaired) electrons. The molecule has 0 aromatic rings. The van der Waals surface area contributed by atoms with E-state index in [0.717, 1.165) is 37.7 Å². The van der Waals surface area contributed by atoms with E-state index in [2.05, 4.69) is 12.7 Å². The van der Waals surface area contributed by atoms with Crippen molar-refractivity contribution in [1.29, 1.82) is 0 Å². The van der Waals surface area contributed by atoms with E-state index < -0.39 is 0 Å². The summed E-state index contributed by atoms with van der Waals surface area (Å²) in [6.45, 7) is 5.58. The predicted octanol–water partition coefficient (Wildman–Crippen LogP) is 2.45. The van der Waals surface area contributed by atoms with Gasteiger partial charge in [-0.25, -0.2) is 0 Å². The molecular weight excluding hydrogens is 266 g/mol. The molecule has 3 atom stereocenters. The minimum atomic E-state index is 0.0341. The number of carbonyl (C=O) groups excluding carboxylic acids is 1. The second-order valence-corrected chi connectivity index (χ2v) is 6.11. The molecule has 0 bridgehead atoms. The van der Waals surface area contributed by atoms with Crippen LogP contribution in [0.5, 0.6) is 0 Å². The maximum Gasteiger partial charge on any atom is 0.249 e. The van der Waals surface area contributed by atoms with Gasteiger partial charge < -0.3 is 14.4 Å². The molecule has 1 heterocycles. The molecule has 1 saturated heterocycles. The van der Waals surface area contributed by atoms with Gasteiger partial charge >= 0.3 is 0 Å². The van der Waals surface area contributed by atoms with Crippen LogP contribution in [0.3, 0.4) is 0 Å². The number of rotatable bonds is 4. The molecule has 1 aliphatic heterocycles. The standard InChI is InChI=1S/C17H25NO3/c1-2-11-20-15-9-8-14-16(15)21-12-10-18(14)17(19)13-6-4-3-5-7-13/h2,6,14-16H,1,3-5,7-12H2/t14-,15-,16+/m0/s1. The fourth-order valence-corrected chi connectivity index (χ4v) is 3.75. The topological polar surface area (TPSA) is 38.8 Å². The van der Waals surface area contributed by atoms with E-state index in [0.29, 0.717) is 19.8 Å². The Morgan fingerprint density at radius 1 is 1.48 bits per heavy atom. The van der Waals surface area contributed by atoms with E-state index in [1.54, 1.807) is 6.08 Å². The van der Waals surface area contributed by atoms with Gasteiger partial charge in [0.25, 0.3) is 0 Å². The second kappa shape index (κ2) is 6.75. The van der Waals surface area contributed by atoms with Gasteiger partial charge in [-0.2, -0.15) is 0 Å². The van der Waals surface area contributed by atoms with Gasteiger partial charge in [0.05, 0.1) is 25.4 Å². The largest absolute Gasteiger partial charge is 0.372 e. The summed E-state index contributed by atoms with van der Waals surface area (Å²) in [5.74, 6) is 0.234. The smallest absolute Gasteiger partial charge is 0.249 e. The van der Waals surface area contributed by atoms with E-state index in [4.69, 9.17) is 9.47 Å². The Morgan fingerprint density at radius 3 is 3.14 bits per heavy atom. The molecule has 4 nitrogen and oxygen atoms in total. The zero-order chi connectivity index (χ0) is 14.7. The molecule has 3 rings (SSSR count). The summed E-state index contributed by atoms with van der Waals surface area (Å²) in [7, 11) is 0. The van der Waals surface area contributed by atoms with Crippen molar-refractivity contribution in [3.05, 3.63) is 24.3 Å². The van der Waals surface area contributed by atoms with E-state index >= 15 is 0 Å². The fraction of sp³-hybridized carbons (Fsp3) is 0.706.